The molecule has 0 saturated carbocycles. The molecule has 0 radical (unpaired) electrons. The third-order valence-corrected chi connectivity index (χ3v) is 2.41. The number of carbonyl (C=O) groups is 2. The van der Waals surface area contributed by atoms with Gasteiger partial charge in [0, 0.05) is 5.57 Å². The first-order chi connectivity index (χ1) is 9.20. The Labute approximate surface area is 120 Å². The van der Waals surface area contributed by atoms with E-state index in [-0.39, 0.29) is 6.54 Å². The zero-order valence-electron chi connectivity index (χ0n) is 12.5. The van der Waals surface area contributed by atoms with Crippen LogP contribution in [0.4, 0.5) is 4.79 Å². The Morgan fingerprint density at radius 2 is 1.75 bits per heavy atom. The highest BCUT2D eigenvalue weighted by Gasteiger charge is 2.27. The number of hydrogen-bond donors (Lipinski definition) is 0. The molecule has 0 aromatic heterocycles. The normalized spacial score (nSPS) is 10.8. The largest absolute Gasteiger partial charge is 0.443 e. The van der Waals surface area contributed by atoms with Gasteiger partial charge in [0.25, 0.3) is 5.91 Å². The highest BCUT2D eigenvalue weighted by Crippen LogP contribution is 2.14. The smallest absolute Gasteiger partial charge is 0.417 e. The second-order valence-electron chi connectivity index (χ2n) is 5.64. The van der Waals surface area contributed by atoms with Crippen LogP contribution in [0.3, 0.4) is 0 Å². The van der Waals surface area contributed by atoms with Crippen LogP contribution in [0.5, 0.6) is 0 Å². The van der Waals surface area contributed by atoms with Gasteiger partial charge >= 0.3 is 6.09 Å². The first kappa shape index (κ1) is 16.0. The maximum Gasteiger partial charge on any atom is 0.417 e. The van der Waals surface area contributed by atoms with E-state index in [0.717, 1.165) is 10.5 Å². The monoisotopic (exact) mass is 275 g/mol. The third kappa shape index (κ3) is 4.88. The molecule has 0 aliphatic carbocycles. The van der Waals surface area contributed by atoms with Gasteiger partial charge < -0.3 is 4.74 Å². The van der Waals surface area contributed by atoms with Crippen molar-refractivity contribution in [3.63, 3.8) is 0 Å². The van der Waals surface area contributed by atoms with E-state index in [1.165, 1.54) is 0 Å². The van der Waals surface area contributed by atoms with Gasteiger partial charge in [0.1, 0.15) is 5.60 Å². The number of nitrogens with zero attached hydrogens (tertiary/aromatic N) is 1. The van der Waals surface area contributed by atoms with E-state index >= 15 is 0 Å². The van der Waals surface area contributed by atoms with Gasteiger partial charge in [-0.25, -0.2) is 9.69 Å². The molecular formula is C16H21NO3. The fourth-order valence-electron chi connectivity index (χ4n) is 1.53. The van der Waals surface area contributed by atoms with Gasteiger partial charge in [-0.3, -0.25) is 4.79 Å². The summed E-state index contributed by atoms with van der Waals surface area (Å²) >= 11 is 0. The summed E-state index contributed by atoms with van der Waals surface area (Å²) in [6.07, 6.45) is -0.658. The number of hydrogen-bond acceptors (Lipinski definition) is 3. The van der Waals surface area contributed by atoms with Crippen LogP contribution < -0.4 is 0 Å². The van der Waals surface area contributed by atoms with Crippen LogP contribution in [0.15, 0.2) is 42.5 Å². The predicted octanol–water partition coefficient (Wildman–Crippen LogP) is 3.53. The Balaban J connectivity index is 2.94. The van der Waals surface area contributed by atoms with Crippen molar-refractivity contribution in [1.82, 2.24) is 4.90 Å². The maximum atomic E-state index is 12.2. The van der Waals surface area contributed by atoms with Crippen LogP contribution >= 0.6 is 0 Å². The van der Waals surface area contributed by atoms with Crippen molar-refractivity contribution in [1.29, 1.82) is 0 Å². The summed E-state index contributed by atoms with van der Waals surface area (Å²) in [5.41, 5.74) is 0.501. The Kier molecular flexibility index (Phi) is 5.08. The molecule has 0 N–H and O–H groups in total. The lowest BCUT2D eigenvalue weighted by atomic mass is 10.2. The SMILES string of the molecule is C=C(C)C(=O)N(Cc1ccccc1)C(=O)OC(C)(C)C. The average molecular weight is 275 g/mol. The predicted molar refractivity (Wildman–Crippen MR) is 78.0 cm³/mol. The van der Waals surface area contributed by atoms with Gasteiger partial charge in [0.15, 0.2) is 0 Å². The zero-order chi connectivity index (χ0) is 15.3. The zero-order valence-corrected chi connectivity index (χ0v) is 12.5. The summed E-state index contributed by atoms with van der Waals surface area (Å²) < 4.78 is 5.27. The Morgan fingerprint density at radius 1 is 1.20 bits per heavy atom. The van der Waals surface area contributed by atoms with E-state index < -0.39 is 17.6 Å². The van der Waals surface area contributed by atoms with Crippen LogP contribution in [0, 0.1) is 0 Å². The first-order valence-corrected chi connectivity index (χ1v) is 6.45. The summed E-state index contributed by atoms with van der Waals surface area (Å²) in [4.78, 5) is 25.3. The highest BCUT2D eigenvalue weighted by atomic mass is 16.6. The maximum absolute atomic E-state index is 12.2. The molecule has 0 saturated heterocycles. The minimum absolute atomic E-state index is 0.168. The molecule has 0 atom stereocenters. The molecule has 0 heterocycles. The van der Waals surface area contributed by atoms with Gasteiger partial charge in [-0.15, -0.1) is 0 Å². The molecule has 0 fully saturated rings. The Bertz CT molecular complexity index is 500. The lowest BCUT2D eigenvalue weighted by Gasteiger charge is -2.26. The quantitative estimate of drug-likeness (QED) is 0.793. The second kappa shape index (κ2) is 6.37. The summed E-state index contributed by atoms with van der Waals surface area (Å²) in [5.74, 6) is -0.428. The molecular weight excluding hydrogens is 254 g/mol. The van der Waals surface area contributed by atoms with Gasteiger partial charge in [0.05, 0.1) is 6.54 Å². The molecule has 20 heavy (non-hydrogen) atoms. The molecule has 1 aromatic carbocycles. The molecule has 1 aromatic rings. The van der Waals surface area contributed by atoms with Crippen LogP contribution in [0.2, 0.25) is 0 Å². The molecule has 0 bridgehead atoms. The second-order valence-corrected chi connectivity index (χ2v) is 5.64. The molecule has 0 unspecified atom stereocenters. The van der Waals surface area contributed by atoms with Gasteiger partial charge in [-0.1, -0.05) is 36.9 Å². The van der Waals surface area contributed by atoms with Crippen LogP contribution in [0.1, 0.15) is 33.3 Å². The van der Waals surface area contributed by atoms with Crippen molar-refractivity contribution in [2.45, 2.75) is 39.8 Å². The number of carbonyl (C=O) groups excluding carboxylic acids is 2. The number of rotatable bonds is 3. The van der Waals surface area contributed by atoms with E-state index in [9.17, 15) is 9.59 Å². The van der Waals surface area contributed by atoms with E-state index in [2.05, 4.69) is 6.58 Å². The fourth-order valence-corrected chi connectivity index (χ4v) is 1.53. The van der Waals surface area contributed by atoms with Gasteiger partial charge in [-0.2, -0.15) is 0 Å². The molecule has 0 aliphatic heterocycles. The lowest BCUT2D eigenvalue weighted by Crippen LogP contribution is -2.40. The van der Waals surface area contributed by atoms with Crippen molar-refractivity contribution >= 4 is 12.0 Å². The minimum atomic E-state index is -0.658. The molecule has 0 aliphatic rings. The molecule has 0 spiro atoms. The molecule has 108 valence electrons. The topological polar surface area (TPSA) is 46.6 Å². The summed E-state index contributed by atoms with van der Waals surface area (Å²) in [6, 6.07) is 9.29. The molecule has 4 nitrogen and oxygen atoms in total. The standard InChI is InChI=1S/C16H21NO3/c1-12(2)14(18)17(15(19)20-16(3,4)5)11-13-9-7-6-8-10-13/h6-10H,1,11H2,2-5H3. The van der Waals surface area contributed by atoms with E-state index in [4.69, 9.17) is 4.74 Å². The minimum Gasteiger partial charge on any atom is -0.443 e. The highest BCUT2D eigenvalue weighted by molar-refractivity contribution is 6.01. The van der Waals surface area contributed by atoms with Crippen LogP contribution in [-0.2, 0) is 16.1 Å². The summed E-state index contributed by atoms with van der Waals surface area (Å²) in [5, 5.41) is 0. The molecule has 1 rings (SSSR count). The molecule has 4 heteroatoms. The number of amides is 2. The Morgan fingerprint density at radius 3 is 2.20 bits per heavy atom. The number of imide groups is 1. The van der Waals surface area contributed by atoms with Crippen LogP contribution in [0.25, 0.3) is 0 Å². The van der Waals surface area contributed by atoms with E-state index in [0.29, 0.717) is 5.57 Å². The summed E-state index contributed by atoms with van der Waals surface area (Å²) in [6.45, 7) is 10.6. The van der Waals surface area contributed by atoms with E-state index in [1.54, 1.807) is 27.7 Å². The first-order valence-electron chi connectivity index (χ1n) is 6.45. The number of benzene rings is 1. The van der Waals surface area contributed by atoms with Gasteiger partial charge in [-0.05, 0) is 33.3 Å². The lowest BCUT2D eigenvalue weighted by molar-refractivity contribution is -0.126. The summed E-state index contributed by atoms with van der Waals surface area (Å²) in [7, 11) is 0. The third-order valence-electron chi connectivity index (χ3n) is 2.41. The fraction of sp³-hybridized carbons (Fsp3) is 0.375. The van der Waals surface area contributed by atoms with Crippen molar-refractivity contribution < 1.29 is 14.3 Å². The van der Waals surface area contributed by atoms with Crippen LogP contribution in [-0.4, -0.2) is 22.5 Å². The molecule has 2 amide bonds. The van der Waals surface area contributed by atoms with Crippen molar-refractivity contribution in [3.05, 3.63) is 48.0 Å². The van der Waals surface area contributed by atoms with Crippen molar-refractivity contribution in [2.24, 2.45) is 0 Å². The van der Waals surface area contributed by atoms with E-state index in [1.807, 2.05) is 30.3 Å². The van der Waals surface area contributed by atoms with Crippen molar-refractivity contribution in [2.75, 3.05) is 0 Å². The van der Waals surface area contributed by atoms with Crippen molar-refractivity contribution in [3.8, 4) is 0 Å². The van der Waals surface area contributed by atoms with Gasteiger partial charge in [0.2, 0.25) is 0 Å². The average Bonchev–Trinajstić information content (AvgIpc) is 2.34. The number of ether oxygens (including phenoxy) is 1. The Hall–Kier alpha value is -2.10.